The topological polar surface area (TPSA) is 76.5 Å². The largest absolute Gasteiger partial charge is 0.385 e. The average Bonchev–Trinajstić information content (AvgIpc) is 2.85. The van der Waals surface area contributed by atoms with Crippen molar-refractivity contribution in [3.63, 3.8) is 0 Å². The van der Waals surface area contributed by atoms with Gasteiger partial charge in [-0.25, -0.2) is 4.79 Å². The van der Waals surface area contributed by atoms with E-state index in [9.17, 15) is 4.79 Å². The van der Waals surface area contributed by atoms with E-state index >= 15 is 0 Å². The Morgan fingerprint density at radius 1 is 1.47 bits per heavy atom. The van der Waals surface area contributed by atoms with Gasteiger partial charge in [-0.15, -0.1) is 0 Å². The van der Waals surface area contributed by atoms with Crippen LogP contribution in [0.1, 0.15) is 38.8 Å². The maximum absolute atomic E-state index is 11.9. The molecule has 104 valence electrons. The van der Waals surface area contributed by atoms with Crippen LogP contribution in [0.5, 0.6) is 0 Å². The van der Waals surface area contributed by atoms with Crippen molar-refractivity contribution < 1.29 is 4.79 Å². The molecule has 0 saturated carbocycles. The first-order chi connectivity index (χ1) is 9.02. The van der Waals surface area contributed by atoms with E-state index in [1.54, 1.807) is 11.1 Å². The third-order valence-electron chi connectivity index (χ3n) is 3.05. The third kappa shape index (κ3) is 2.77. The Hall–Kier alpha value is -1.85. The molecular weight excluding hydrogens is 242 g/mol. The number of aromatic nitrogens is 2. The summed E-state index contributed by atoms with van der Waals surface area (Å²) in [5, 5.41) is 4.29. The summed E-state index contributed by atoms with van der Waals surface area (Å²) < 4.78 is 1.87. The van der Waals surface area contributed by atoms with Crippen LogP contribution < -0.4 is 5.73 Å². The predicted octanol–water partition coefficient (Wildman–Crippen LogP) is 1.78. The summed E-state index contributed by atoms with van der Waals surface area (Å²) in [4.78, 5) is 17.5. The molecule has 6 heteroatoms. The van der Waals surface area contributed by atoms with Crippen LogP contribution in [0, 0.1) is 5.92 Å². The molecule has 0 saturated heterocycles. The molecule has 1 aromatic rings. The van der Waals surface area contributed by atoms with Gasteiger partial charge in [0.1, 0.15) is 11.9 Å². The molecule has 1 atom stereocenters. The smallest absolute Gasteiger partial charge is 0.346 e. The Balaban J connectivity index is 2.23. The SMILES string of the molecule is CCCn1cc(C2C(N)=NC(=O)N2CC(C)C)cn1. The predicted molar refractivity (Wildman–Crippen MR) is 73.8 cm³/mol. The van der Waals surface area contributed by atoms with E-state index in [2.05, 4.69) is 30.9 Å². The number of urea groups is 1. The van der Waals surface area contributed by atoms with Crippen LogP contribution in [0.4, 0.5) is 4.79 Å². The highest BCUT2D eigenvalue weighted by Gasteiger charge is 2.35. The van der Waals surface area contributed by atoms with Gasteiger partial charge in [0.15, 0.2) is 0 Å². The van der Waals surface area contributed by atoms with Gasteiger partial charge in [-0.05, 0) is 12.3 Å². The summed E-state index contributed by atoms with van der Waals surface area (Å²) in [5.74, 6) is 0.736. The van der Waals surface area contributed by atoms with Crippen molar-refractivity contribution in [3.05, 3.63) is 18.0 Å². The zero-order chi connectivity index (χ0) is 14.0. The number of carbonyl (C=O) groups is 1. The van der Waals surface area contributed by atoms with Crippen LogP contribution in [0.15, 0.2) is 17.4 Å². The molecule has 2 N–H and O–H groups in total. The van der Waals surface area contributed by atoms with Crippen molar-refractivity contribution in [1.29, 1.82) is 0 Å². The number of hydrogen-bond acceptors (Lipinski definition) is 3. The second kappa shape index (κ2) is 5.42. The van der Waals surface area contributed by atoms with Crippen LogP contribution in [0.25, 0.3) is 0 Å². The van der Waals surface area contributed by atoms with Crippen LogP contribution in [-0.4, -0.2) is 33.1 Å². The fourth-order valence-electron chi connectivity index (χ4n) is 2.31. The van der Waals surface area contributed by atoms with Crippen molar-refractivity contribution in [2.45, 2.75) is 39.8 Å². The first-order valence-electron chi connectivity index (χ1n) is 6.70. The zero-order valence-corrected chi connectivity index (χ0v) is 11.7. The molecule has 2 heterocycles. The van der Waals surface area contributed by atoms with Crippen LogP contribution in [0.2, 0.25) is 0 Å². The lowest BCUT2D eigenvalue weighted by Gasteiger charge is -2.24. The minimum absolute atomic E-state index is 0.251. The Labute approximate surface area is 113 Å². The summed E-state index contributed by atoms with van der Waals surface area (Å²) in [7, 11) is 0. The minimum atomic E-state index is -0.263. The van der Waals surface area contributed by atoms with Gasteiger partial charge in [-0.1, -0.05) is 20.8 Å². The number of carbonyl (C=O) groups excluding carboxylic acids is 1. The first kappa shape index (κ1) is 13.6. The standard InChI is InChI=1S/C13H21N5O/c1-4-5-17-8-10(6-15-17)11-12(14)16-13(19)18(11)7-9(2)3/h6,8-9,11H,4-5,7H2,1-3H3,(H2,14,16,19). The summed E-state index contributed by atoms with van der Waals surface area (Å²) in [6, 6.07) is -0.514. The molecule has 0 radical (unpaired) electrons. The molecule has 1 aliphatic heterocycles. The average molecular weight is 263 g/mol. The molecule has 1 aliphatic rings. The molecule has 6 nitrogen and oxygen atoms in total. The van der Waals surface area contributed by atoms with Crippen molar-refractivity contribution in [3.8, 4) is 0 Å². The minimum Gasteiger partial charge on any atom is -0.385 e. The number of nitrogens with zero attached hydrogens (tertiary/aromatic N) is 4. The van der Waals surface area contributed by atoms with Gasteiger partial charge in [0.25, 0.3) is 0 Å². The van der Waals surface area contributed by atoms with E-state index in [-0.39, 0.29) is 12.1 Å². The van der Waals surface area contributed by atoms with Gasteiger partial charge in [0, 0.05) is 24.8 Å². The molecule has 2 amide bonds. The number of rotatable bonds is 5. The zero-order valence-electron chi connectivity index (χ0n) is 11.7. The molecule has 0 bridgehead atoms. The Bertz CT molecular complexity index is 491. The van der Waals surface area contributed by atoms with Gasteiger partial charge in [-0.2, -0.15) is 10.1 Å². The molecule has 0 fully saturated rings. The normalized spacial score (nSPS) is 19.4. The molecule has 0 aromatic carbocycles. The van der Waals surface area contributed by atoms with E-state index in [4.69, 9.17) is 5.73 Å². The van der Waals surface area contributed by atoms with Gasteiger partial charge < -0.3 is 10.6 Å². The van der Waals surface area contributed by atoms with Gasteiger partial charge in [-0.3, -0.25) is 4.68 Å². The van der Waals surface area contributed by atoms with Crippen LogP contribution in [0.3, 0.4) is 0 Å². The summed E-state index contributed by atoms with van der Waals surface area (Å²) >= 11 is 0. The maximum Gasteiger partial charge on any atom is 0.346 e. The lowest BCUT2D eigenvalue weighted by molar-refractivity contribution is 0.199. The summed E-state index contributed by atoms with van der Waals surface area (Å²) in [5.41, 5.74) is 6.83. The molecule has 0 spiro atoms. The fourth-order valence-corrected chi connectivity index (χ4v) is 2.31. The fraction of sp³-hybridized carbons (Fsp3) is 0.615. The number of nitrogens with two attached hydrogens (primary N) is 1. The lowest BCUT2D eigenvalue weighted by atomic mass is 10.1. The number of amidine groups is 1. The molecular formula is C13H21N5O. The quantitative estimate of drug-likeness (QED) is 0.879. The molecule has 1 aromatic heterocycles. The maximum atomic E-state index is 11.9. The highest BCUT2D eigenvalue weighted by Crippen LogP contribution is 2.27. The van der Waals surface area contributed by atoms with Gasteiger partial charge in [0.05, 0.1) is 6.20 Å². The molecule has 0 aliphatic carbocycles. The second-order valence-corrected chi connectivity index (χ2v) is 5.30. The van der Waals surface area contributed by atoms with E-state index in [0.29, 0.717) is 18.3 Å². The highest BCUT2D eigenvalue weighted by molar-refractivity contribution is 6.03. The van der Waals surface area contributed by atoms with Crippen LogP contribution in [-0.2, 0) is 6.54 Å². The number of hydrogen-bond donors (Lipinski definition) is 1. The Kier molecular flexibility index (Phi) is 3.87. The summed E-state index contributed by atoms with van der Waals surface area (Å²) in [6.07, 6.45) is 4.74. The van der Waals surface area contributed by atoms with Crippen molar-refractivity contribution in [1.82, 2.24) is 14.7 Å². The van der Waals surface area contributed by atoms with E-state index in [1.165, 1.54) is 0 Å². The second-order valence-electron chi connectivity index (χ2n) is 5.30. The van der Waals surface area contributed by atoms with Crippen molar-refractivity contribution in [2.24, 2.45) is 16.6 Å². The van der Waals surface area contributed by atoms with Crippen molar-refractivity contribution in [2.75, 3.05) is 6.54 Å². The Morgan fingerprint density at radius 2 is 2.21 bits per heavy atom. The number of aliphatic imine (C=N–C) groups is 1. The molecule has 19 heavy (non-hydrogen) atoms. The summed E-state index contributed by atoms with van der Waals surface area (Å²) in [6.45, 7) is 7.74. The van der Waals surface area contributed by atoms with Crippen LogP contribution >= 0.6 is 0 Å². The lowest BCUT2D eigenvalue weighted by Crippen LogP contribution is -2.35. The van der Waals surface area contributed by atoms with E-state index in [0.717, 1.165) is 18.5 Å². The monoisotopic (exact) mass is 263 g/mol. The first-order valence-corrected chi connectivity index (χ1v) is 6.70. The Morgan fingerprint density at radius 3 is 2.84 bits per heavy atom. The number of aryl methyl sites for hydroxylation is 1. The molecule has 2 rings (SSSR count). The van der Waals surface area contributed by atoms with E-state index < -0.39 is 0 Å². The van der Waals surface area contributed by atoms with Gasteiger partial charge >= 0.3 is 6.03 Å². The molecule has 1 unspecified atom stereocenters. The third-order valence-corrected chi connectivity index (χ3v) is 3.05. The van der Waals surface area contributed by atoms with Crippen molar-refractivity contribution >= 4 is 11.9 Å². The number of amides is 2. The van der Waals surface area contributed by atoms with Gasteiger partial charge in [0.2, 0.25) is 0 Å². The van der Waals surface area contributed by atoms with E-state index in [1.807, 2.05) is 10.9 Å². The highest BCUT2D eigenvalue weighted by atomic mass is 16.2.